The van der Waals surface area contributed by atoms with Crippen LogP contribution in [0.1, 0.15) is 70.4 Å². The molecule has 0 unspecified atom stereocenters. The number of hydrogen-bond acceptors (Lipinski definition) is 7. The zero-order valence-corrected chi connectivity index (χ0v) is 27.8. The number of carboxylic acids is 1. The summed E-state index contributed by atoms with van der Waals surface area (Å²) in [6.07, 6.45) is 4.23. The lowest BCUT2D eigenvalue weighted by atomic mass is 9.92. The normalized spacial score (nSPS) is 21.6. The molecule has 0 radical (unpaired) electrons. The van der Waals surface area contributed by atoms with Crippen molar-refractivity contribution in [1.82, 2.24) is 14.6 Å². The third-order valence-corrected chi connectivity index (χ3v) is 8.74. The molecule has 3 aliphatic heterocycles. The number of aromatic nitrogens is 3. The summed E-state index contributed by atoms with van der Waals surface area (Å²) in [5.74, 6) is 0.446. The zero-order valence-electron chi connectivity index (χ0n) is 27.8. The Morgan fingerprint density at radius 2 is 1.83 bits per heavy atom. The Labute approximate surface area is 270 Å². The summed E-state index contributed by atoms with van der Waals surface area (Å²) < 4.78 is 20.9. The molecule has 1 saturated heterocycles. The van der Waals surface area contributed by atoms with E-state index in [1.54, 1.807) is 4.52 Å². The van der Waals surface area contributed by atoms with Crippen molar-refractivity contribution in [3.05, 3.63) is 77.5 Å². The van der Waals surface area contributed by atoms with Crippen LogP contribution in [-0.2, 0) is 14.3 Å². The topological polar surface area (TPSA) is 98.4 Å². The minimum atomic E-state index is -1.22. The van der Waals surface area contributed by atoms with Crippen LogP contribution < -0.4 is 9.64 Å². The van der Waals surface area contributed by atoms with E-state index in [1.165, 1.54) is 0 Å². The Morgan fingerprint density at radius 1 is 1.09 bits per heavy atom. The summed E-state index contributed by atoms with van der Waals surface area (Å²) in [6.45, 7) is 15.5. The first-order chi connectivity index (χ1) is 21.8. The maximum absolute atomic E-state index is 12.8. The first-order valence-corrected chi connectivity index (χ1v) is 16.0. The SMILES string of the molecule is Cc1ccc2c(c1)O[C@@H](C)/C=C/COC1(C)CCN(CC1)c1c([C@H](OC(C)(C)C)C(=O)O)c(C)nc3cc(nn13)-c1cccc-2c1. The minimum Gasteiger partial charge on any atom is -0.486 e. The van der Waals surface area contributed by atoms with Gasteiger partial charge in [-0.05, 0) is 90.6 Å². The molecule has 1 fully saturated rings. The lowest BCUT2D eigenvalue weighted by Gasteiger charge is -2.41. The number of nitrogens with zero attached hydrogens (tertiary/aromatic N) is 4. The second-order valence-corrected chi connectivity index (χ2v) is 13.8. The van der Waals surface area contributed by atoms with Crippen LogP contribution in [0.15, 0.2) is 60.7 Å². The van der Waals surface area contributed by atoms with Crippen molar-refractivity contribution in [3.63, 3.8) is 0 Å². The second kappa shape index (κ2) is 12.2. The highest BCUT2D eigenvalue weighted by Crippen LogP contribution is 2.39. The van der Waals surface area contributed by atoms with E-state index in [1.807, 2.05) is 65.0 Å². The Kier molecular flexibility index (Phi) is 8.42. The molecule has 0 aliphatic carbocycles. The monoisotopic (exact) mass is 624 g/mol. The Hall–Kier alpha value is -4.21. The molecular formula is C37H44N4O5. The van der Waals surface area contributed by atoms with E-state index in [4.69, 9.17) is 24.3 Å². The summed E-state index contributed by atoms with van der Waals surface area (Å²) in [7, 11) is 0. The second-order valence-electron chi connectivity index (χ2n) is 13.8. The predicted octanol–water partition coefficient (Wildman–Crippen LogP) is 7.33. The predicted molar refractivity (Wildman–Crippen MR) is 180 cm³/mol. The number of aryl methyl sites for hydroxylation is 2. The summed E-state index contributed by atoms with van der Waals surface area (Å²) in [5, 5.41) is 15.6. The first-order valence-electron chi connectivity index (χ1n) is 16.0. The molecule has 9 nitrogen and oxygen atoms in total. The van der Waals surface area contributed by atoms with Crippen molar-refractivity contribution < 1.29 is 24.1 Å². The van der Waals surface area contributed by atoms with Crippen LogP contribution in [0.2, 0.25) is 0 Å². The fraction of sp³-hybridized carbons (Fsp3) is 0.432. The van der Waals surface area contributed by atoms with Gasteiger partial charge in [0.05, 0.1) is 29.1 Å². The molecule has 46 heavy (non-hydrogen) atoms. The van der Waals surface area contributed by atoms with Crippen molar-refractivity contribution >= 4 is 17.4 Å². The molecule has 242 valence electrons. The van der Waals surface area contributed by atoms with Crippen LogP contribution in [0, 0.1) is 13.8 Å². The molecule has 2 aromatic carbocycles. The van der Waals surface area contributed by atoms with Crippen molar-refractivity contribution in [1.29, 1.82) is 0 Å². The minimum absolute atomic E-state index is 0.148. The highest BCUT2D eigenvalue weighted by molar-refractivity contribution is 5.80. The van der Waals surface area contributed by atoms with E-state index in [2.05, 4.69) is 49.1 Å². The van der Waals surface area contributed by atoms with E-state index < -0.39 is 17.7 Å². The Morgan fingerprint density at radius 3 is 2.54 bits per heavy atom. The molecule has 2 aromatic heterocycles. The van der Waals surface area contributed by atoms with Crippen molar-refractivity contribution in [2.45, 2.75) is 84.7 Å². The molecule has 1 N–H and O–H groups in total. The average Bonchev–Trinajstić information content (AvgIpc) is 3.41. The smallest absolute Gasteiger partial charge is 0.337 e. The van der Waals surface area contributed by atoms with Gasteiger partial charge in [0, 0.05) is 36.0 Å². The van der Waals surface area contributed by atoms with Crippen LogP contribution in [-0.4, -0.2) is 62.7 Å². The van der Waals surface area contributed by atoms with Crippen molar-refractivity contribution in [2.24, 2.45) is 0 Å². The molecule has 7 rings (SSSR count). The van der Waals surface area contributed by atoms with Gasteiger partial charge in [-0.2, -0.15) is 9.61 Å². The number of aliphatic carboxylic acids is 1. The summed E-state index contributed by atoms with van der Waals surface area (Å²) in [4.78, 5) is 19.9. The van der Waals surface area contributed by atoms with Gasteiger partial charge in [-0.25, -0.2) is 9.78 Å². The maximum Gasteiger partial charge on any atom is 0.337 e. The standard InChI is InChI=1S/C37H44N4O5/c1-23-13-14-28-26-11-8-12-27(21-26)29-22-31-38-25(3)32(33(35(42)43)46-36(4,5)6)34(41(31)39-29)40-17-15-37(7,16-18-40)44-19-9-10-24(2)45-30(28)20-23/h8-14,20-22,24,33H,15-19H2,1-7H3,(H,42,43)/b10-9+/t24-,33-/m0/s1. The molecule has 3 aliphatic rings. The quantitative estimate of drug-likeness (QED) is 0.237. The van der Waals surface area contributed by atoms with Gasteiger partial charge in [-0.15, -0.1) is 0 Å². The fourth-order valence-electron chi connectivity index (χ4n) is 6.34. The summed E-state index contributed by atoms with van der Waals surface area (Å²) >= 11 is 0. The molecule has 4 aromatic rings. The number of carbonyl (C=O) groups is 1. The molecule has 2 atom stereocenters. The lowest BCUT2D eigenvalue weighted by Crippen LogP contribution is -2.45. The first kappa shape index (κ1) is 31.8. The highest BCUT2D eigenvalue weighted by atomic mass is 16.5. The average molecular weight is 625 g/mol. The molecule has 0 saturated carbocycles. The van der Waals surface area contributed by atoms with E-state index in [0.29, 0.717) is 42.4 Å². The highest BCUT2D eigenvalue weighted by Gasteiger charge is 2.37. The Balaban J connectivity index is 1.56. The van der Waals surface area contributed by atoms with Crippen LogP contribution >= 0.6 is 0 Å². The van der Waals surface area contributed by atoms with Gasteiger partial charge < -0.3 is 24.2 Å². The van der Waals surface area contributed by atoms with Gasteiger partial charge in [0.2, 0.25) is 0 Å². The van der Waals surface area contributed by atoms with Gasteiger partial charge in [0.15, 0.2) is 11.8 Å². The Bertz CT molecular complexity index is 1800. The summed E-state index contributed by atoms with van der Waals surface area (Å²) in [5.41, 5.74) is 5.52. The number of fused-ring (bicyclic) bond motifs is 6. The molecule has 0 amide bonds. The van der Waals surface area contributed by atoms with Gasteiger partial charge in [0.25, 0.3) is 0 Å². The number of rotatable bonds is 3. The van der Waals surface area contributed by atoms with E-state index in [-0.39, 0.29) is 11.7 Å². The molecule has 6 bridgehead atoms. The van der Waals surface area contributed by atoms with E-state index in [9.17, 15) is 9.90 Å². The van der Waals surface area contributed by atoms with Gasteiger partial charge >= 0.3 is 5.97 Å². The van der Waals surface area contributed by atoms with Gasteiger partial charge in [-0.3, -0.25) is 0 Å². The molecule has 0 spiro atoms. The zero-order chi connectivity index (χ0) is 32.8. The lowest BCUT2D eigenvalue weighted by molar-refractivity contribution is -0.160. The molecule has 9 heteroatoms. The largest absolute Gasteiger partial charge is 0.486 e. The van der Waals surface area contributed by atoms with E-state index in [0.717, 1.165) is 46.5 Å². The van der Waals surface area contributed by atoms with Crippen molar-refractivity contribution in [2.75, 3.05) is 24.6 Å². The van der Waals surface area contributed by atoms with E-state index >= 15 is 0 Å². The van der Waals surface area contributed by atoms with Gasteiger partial charge in [0.1, 0.15) is 17.7 Å². The van der Waals surface area contributed by atoms with Crippen LogP contribution in [0.5, 0.6) is 5.75 Å². The third-order valence-electron chi connectivity index (χ3n) is 8.74. The number of hydrogen-bond donors (Lipinski definition) is 1. The van der Waals surface area contributed by atoms with Gasteiger partial charge in [-0.1, -0.05) is 36.4 Å². The van der Waals surface area contributed by atoms with Crippen LogP contribution in [0.4, 0.5) is 5.82 Å². The van der Waals surface area contributed by atoms with Crippen molar-refractivity contribution in [3.8, 4) is 28.1 Å². The number of anilines is 1. The summed E-state index contributed by atoms with van der Waals surface area (Å²) in [6, 6.07) is 16.5. The third kappa shape index (κ3) is 6.52. The molecule has 5 heterocycles. The number of ether oxygens (including phenoxy) is 3. The number of piperidine rings is 1. The fourth-order valence-corrected chi connectivity index (χ4v) is 6.34. The molecular weight excluding hydrogens is 580 g/mol. The number of benzene rings is 2. The van der Waals surface area contributed by atoms with Crippen LogP contribution in [0.25, 0.3) is 28.0 Å². The van der Waals surface area contributed by atoms with Crippen LogP contribution in [0.3, 0.4) is 0 Å². The maximum atomic E-state index is 12.8. The number of carboxylic acid groups (broad SMARTS) is 1.